The van der Waals surface area contributed by atoms with Crippen molar-refractivity contribution >= 4 is 21.6 Å². The van der Waals surface area contributed by atoms with Crippen LogP contribution in [-0.2, 0) is 27.5 Å². The molecule has 0 spiro atoms. The molecule has 0 radical (unpaired) electrons. The van der Waals surface area contributed by atoms with Crippen LogP contribution in [0.4, 0.5) is 13.2 Å². The molecule has 42 heavy (non-hydrogen) atoms. The van der Waals surface area contributed by atoms with Crippen molar-refractivity contribution < 1.29 is 26.3 Å². The SMILES string of the molecule is C[C@H](CCO[C@]1(N)CCN(S(C)(=O)=O)C1)N(Cc1cccc(C(F)(F)F)c1Cl)CC(c1ccccc1)c1ccccc1. The van der Waals surface area contributed by atoms with Crippen LogP contribution in [0.25, 0.3) is 0 Å². The van der Waals surface area contributed by atoms with E-state index < -0.39 is 27.5 Å². The maximum atomic E-state index is 13.7. The summed E-state index contributed by atoms with van der Waals surface area (Å²) in [5, 5.41) is -0.304. The largest absolute Gasteiger partial charge is 0.417 e. The summed E-state index contributed by atoms with van der Waals surface area (Å²) in [7, 11) is -3.37. The van der Waals surface area contributed by atoms with Crippen molar-refractivity contribution in [3.63, 3.8) is 0 Å². The molecule has 1 aliphatic rings. The number of benzene rings is 3. The van der Waals surface area contributed by atoms with E-state index in [4.69, 9.17) is 22.1 Å². The second-order valence-corrected chi connectivity index (χ2v) is 13.3. The predicted molar refractivity (Wildman–Crippen MR) is 160 cm³/mol. The maximum Gasteiger partial charge on any atom is 0.417 e. The summed E-state index contributed by atoms with van der Waals surface area (Å²) in [4.78, 5) is 2.12. The predicted octanol–water partition coefficient (Wildman–Crippen LogP) is 6.11. The van der Waals surface area contributed by atoms with E-state index in [0.29, 0.717) is 31.5 Å². The number of rotatable bonds is 12. The third kappa shape index (κ3) is 8.33. The highest BCUT2D eigenvalue weighted by Gasteiger charge is 2.39. The number of hydrogen-bond acceptors (Lipinski definition) is 5. The summed E-state index contributed by atoms with van der Waals surface area (Å²) in [5.74, 6) is -0.0562. The molecule has 0 saturated carbocycles. The molecule has 1 fully saturated rings. The molecule has 0 unspecified atom stereocenters. The molecular formula is C31H37ClF3N3O3S. The first-order valence-corrected chi connectivity index (χ1v) is 16.1. The third-order valence-electron chi connectivity index (χ3n) is 7.82. The Kier molecular flexibility index (Phi) is 10.4. The first kappa shape index (κ1) is 32.4. The lowest BCUT2D eigenvalue weighted by atomic mass is 9.90. The van der Waals surface area contributed by atoms with Gasteiger partial charge >= 0.3 is 6.18 Å². The van der Waals surface area contributed by atoms with Crippen molar-refractivity contribution in [2.45, 2.75) is 50.2 Å². The van der Waals surface area contributed by atoms with Crippen LogP contribution >= 0.6 is 11.6 Å². The Balaban J connectivity index is 1.58. The molecule has 4 rings (SSSR count). The van der Waals surface area contributed by atoms with E-state index in [1.807, 2.05) is 67.6 Å². The van der Waals surface area contributed by atoms with Gasteiger partial charge in [-0.15, -0.1) is 0 Å². The summed E-state index contributed by atoms with van der Waals surface area (Å²) in [5.41, 5.74) is 6.98. The van der Waals surface area contributed by atoms with E-state index in [1.165, 1.54) is 10.4 Å². The number of hydrogen-bond donors (Lipinski definition) is 1. The van der Waals surface area contributed by atoms with Crippen molar-refractivity contribution in [3.8, 4) is 0 Å². The van der Waals surface area contributed by atoms with Crippen LogP contribution in [0, 0.1) is 0 Å². The highest BCUT2D eigenvalue weighted by molar-refractivity contribution is 7.88. The summed E-state index contributed by atoms with van der Waals surface area (Å²) >= 11 is 6.33. The quantitative estimate of drug-likeness (QED) is 0.247. The molecular weight excluding hydrogens is 587 g/mol. The Labute approximate surface area is 251 Å². The fourth-order valence-corrected chi connectivity index (χ4v) is 6.50. The van der Waals surface area contributed by atoms with Crippen LogP contribution in [-0.4, -0.2) is 61.9 Å². The third-order valence-corrected chi connectivity index (χ3v) is 9.52. The number of nitrogens with zero attached hydrogens (tertiary/aromatic N) is 2. The van der Waals surface area contributed by atoms with Gasteiger partial charge in [-0.05, 0) is 36.1 Å². The van der Waals surface area contributed by atoms with Gasteiger partial charge in [0.1, 0.15) is 5.72 Å². The Morgan fingerprint density at radius 1 is 1.02 bits per heavy atom. The van der Waals surface area contributed by atoms with Crippen LogP contribution in [0.2, 0.25) is 5.02 Å². The molecule has 1 saturated heterocycles. The average Bonchev–Trinajstić information content (AvgIpc) is 3.34. The monoisotopic (exact) mass is 623 g/mol. The number of halogens is 4. The van der Waals surface area contributed by atoms with Crippen LogP contribution in [0.5, 0.6) is 0 Å². The van der Waals surface area contributed by atoms with Crippen LogP contribution in [0.15, 0.2) is 78.9 Å². The van der Waals surface area contributed by atoms with E-state index in [0.717, 1.165) is 23.4 Å². The second kappa shape index (κ2) is 13.4. The summed E-state index contributed by atoms with van der Waals surface area (Å²) < 4.78 is 72.2. The summed E-state index contributed by atoms with van der Waals surface area (Å²) in [6, 6.07) is 23.8. The molecule has 0 amide bonds. The minimum Gasteiger partial charge on any atom is -0.359 e. The van der Waals surface area contributed by atoms with Crippen LogP contribution in [0.1, 0.15) is 47.9 Å². The number of nitrogens with two attached hydrogens (primary N) is 1. The van der Waals surface area contributed by atoms with Crippen LogP contribution < -0.4 is 5.73 Å². The summed E-state index contributed by atoms with van der Waals surface area (Å²) in [6.45, 7) is 3.32. The fraction of sp³-hybridized carbons (Fsp3) is 0.419. The molecule has 0 bridgehead atoms. The van der Waals surface area contributed by atoms with E-state index in [9.17, 15) is 21.6 Å². The van der Waals surface area contributed by atoms with Crippen molar-refractivity contribution in [1.29, 1.82) is 0 Å². The molecule has 0 aliphatic carbocycles. The van der Waals surface area contributed by atoms with E-state index in [2.05, 4.69) is 4.90 Å². The van der Waals surface area contributed by atoms with E-state index in [-0.39, 0.29) is 36.7 Å². The number of sulfonamides is 1. The van der Waals surface area contributed by atoms with Crippen molar-refractivity contribution in [3.05, 3.63) is 106 Å². The van der Waals surface area contributed by atoms with Gasteiger partial charge in [0.2, 0.25) is 10.0 Å². The molecule has 6 nitrogen and oxygen atoms in total. The molecule has 3 aromatic carbocycles. The minimum atomic E-state index is -4.56. The molecule has 1 heterocycles. The zero-order valence-electron chi connectivity index (χ0n) is 23.7. The highest BCUT2D eigenvalue weighted by Crippen LogP contribution is 2.37. The lowest BCUT2D eigenvalue weighted by Crippen LogP contribution is -2.47. The molecule has 228 valence electrons. The van der Waals surface area contributed by atoms with E-state index >= 15 is 0 Å². The average molecular weight is 624 g/mol. The van der Waals surface area contributed by atoms with Crippen molar-refractivity contribution in [2.75, 3.05) is 32.5 Å². The van der Waals surface area contributed by atoms with Crippen molar-refractivity contribution in [2.24, 2.45) is 5.73 Å². The van der Waals surface area contributed by atoms with Gasteiger partial charge in [0.25, 0.3) is 0 Å². The molecule has 11 heteroatoms. The summed E-state index contributed by atoms with van der Waals surface area (Å²) in [6.07, 6.45) is -2.52. The Bertz CT molecular complexity index is 1390. The first-order chi connectivity index (χ1) is 19.8. The van der Waals surface area contributed by atoms with Gasteiger partial charge in [-0.25, -0.2) is 8.42 Å². The zero-order valence-corrected chi connectivity index (χ0v) is 25.3. The normalized spacial score (nSPS) is 19.1. The smallest absolute Gasteiger partial charge is 0.359 e. The Morgan fingerprint density at radius 3 is 2.14 bits per heavy atom. The lowest BCUT2D eigenvalue weighted by Gasteiger charge is -2.34. The van der Waals surface area contributed by atoms with Crippen molar-refractivity contribution in [1.82, 2.24) is 9.21 Å². The number of ether oxygens (including phenoxy) is 1. The fourth-order valence-electron chi connectivity index (χ4n) is 5.34. The molecule has 0 aromatic heterocycles. The topological polar surface area (TPSA) is 75.9 Å². The minimum absolute atomic E-state index is 0.0562. The van der Waals surface area contributed by atoms with Gasteiger partial charge in [0.05, 0.1) is 30.0 Å². The molecule has 3 aromatic rings. The van der Waals surface area contributed by atoms with Gasteiger partial charge in [-0.1, -0.05) is 84.4 Å². The molecule has 2 atom stereocenters. The second-order valence-electron chi connectivity index (χ2n) is 11.0. The highest BCUT2D eigenvalue weighted by atomic mass is 35.5. The zero-order chi connectivity index (χ0) is 30.5. The van der Waals surface area contributed by atoms with E-state index in [1.54, 1.807) is 6.07 Å². The Morgan fingerprint density at radius 2 is 1.62 bits per heavy atom. The van der Waals surface area contributed by atoms with Gasteiger partial charge in [-0.3, -0.25) is 4.90 Å². The molecule has 1 aliphatic heterocycles. The number of alkyl halides is 3. The Hall–Kier alpha value is -2.47. The van der Waals surface area contributed by atoms with Gasteiger partial charge in [0, 0.05) is 38.0 Å². The lowest BCUT2D eigenvalue weighted by molar-refractivity contribution is -0.137. The van der Waals surface area contributed by atoms with Gasteiger partial charge in [-0.2, -0.15) is 17.5 Å². The van der Waals surface area contributed by atoms with Gasteiger partial charge in [0.15, 0.2) is 0 Å². The van der Waals surface area contributed by atoms with Crippen LogP contribution in [0.3, 0.4) is 0 Å². The standard InChI is InChI=1S/C31H37ClF3N3O3S/c1-23(16-19-41-30(36)17-18-38(22-30)42(2,39)40)37(20-26-14-9-15-28(29(26)32)31(33,34)35)21-27(24-10-5-3-6-11-24)25-12-7-4-8-13-25/h3-15,23,27H,16-22,36H2,1-2H3/t23-,30-/m1/s1. The van der Waals surface area contributed by atoms with Gasteiger partial charge < -0.3 is 10.5 Å². The maximum absolute atomic E-state index is 13.7. The molecule has 2 N–H and O–H groups in total. The first-order valence-electron chi connectivity index (χ1n) is 13.8.